The highest BCUT2D eigenvalue weighted by Crippen LogP contribution is 2.35. The summed E-state index contributed by atoms with van der Waals surface area (Å²) in [5.41, 5.74) is -0.865. The molecule has 2 aliphatic rings. The molecule has 0 bridgehead atoms. The molecule has 64 valence electrons. The predicted octanol–water partition coefficient (Wildman–Crippen LogP) is -0.424. The molecule has 0 aliphatic carbocycles. The number of nitrogens with zero attached hydrogens (tertiary/aromatic N) is 1. The number of hydrogen-bond donors (Lipinski definition) is 2. The fourth-order valence-electron chi connectivity index (χ4n) is 2.34. The Morgan fingerprint density at radius 2 is 2.27 bits per heavy atom. The van der Waals surface area contributed by atoms with Crippen LogP contribution in [0.5, 0.6) is 0 Å². The first-order chi connectivity index (χ1) is 5.12. The highest BCUT2D eigenvalue weighted by atomic mass is 16.3. The summed E-state index contributed by atoms with van der Waals surface area (Å²) in [6.07, 6.45) is 1.64. The molecule has 0 amide bonds. The summed E-state index contributed by atoms with van der Waals surface area (Å²) >= 11 is 0. The van der Waals surface area contributed by atoms with Crippen molar-refractivity contribution in [2.45, 2.75) is 37.5 Å². The van der Waals surface area contributed by atoms with Crippen LogP contribution in [0, 0.1) is 0 Å². The van der Waals surface area contributed by atoms with Crippen LogP contribution in [0.25, 0.3) is 0 Å². The van der Waals surface area contributed by atoms with Gasteiger partial charge in [0, 0.05) is 12.6 Å². The van der Waals surface area contributed by atoms with E-state index in [0.29, 0.717) is 6.54 Å². The second-order valence-electron chi connectivity index (χ2n) is 3.89. The van der Waals surface area contributed by atoms with Gasteiger partial charge >= 0.3 is 0 Å². The van der Waals surface area contributed by atoms with Gasteiger partial charge in [0.1, 0.15) is 5.60 Å². The number of rotatable bonds is 0. The molecule has 0 aromatic heterocycles. The van der Waals surface area contributed by atoms with Crippen molar-refractivity contribution < 1.29 is 10.2 Å². The Labute approximate surface area is 66.6 Å². The molecular formula is C8H15NO2. The Morgan fingerprint density at radius 3 is 2.91 bits per heavy atom. The van der Waals surface area contributed by atoms with Crippen molar-refractivity contribution in [3.63, 3.8) is 0 Å². The first-order valence-electron chi connectivity index (χ1n) is 4.27. The third-order valence-corrected chi connectivity index (χ3v) is 3.12. The minimum absolute atomic E-state index is 0.206. The van der Waals surface area contributed by atoms with Crippen LogP contribution in [-0.2, 0) is 0 Å². The molecule has 3 heteroatoms. The van der Waals surface area contributed by atoms with E-state index in [-0.39, 0.29) is 6.04 Å². The molecule has 0 saturated carbocycles. The van der Waals surface area contributed by atoms with E-state index in [1.165, 1.54) is 0 Å². The molecule has 2 heterocycles. The average Bonchev–Trinajstić information content (AvgIpc) is 2.41. The third kappa shape index (κ3) is 0.916. The quantitative estimate of drug-likeness (QED) is 0.502. The number of aliphatic hydroxyl groups is 2. The summed E-state index contributed by atoms with van der Waals surface area (Å²) in [6.45, 7) is 3.43. The molecule has 2 rings (SSSR count). The van der Waals surface area contributed by atoms with Crippen LogP contribution in [0.4, 0.5) is 0 Å². The molecule has 2 saturated heterocycles. The molecule has 2 N–H and O–H groups in total. The monoisotopic (exact) mass is 157 g/mol. The van der Waals surface area contributed by atoms with Gasteiger partial charge in [-0.1, -0.05) is 0 Å². The van der Waals surface area contributed by atoms with E-state index >= 15 is 0 Å². The normalized spacial score (nSPS) is 51.5. The zero-order chi connectivity index (χ0) is 8.06. The van der Waals surface area contributed by atoms with Gasteiger partial charge < -0.3 is 10.2 Å². The van der Waals surface area contributed by atoms with Crippen molar-refractivity contribution in [2.24, 2.45) is 0 Å². The first kappa shape index (κ1) is 7.53. The highest BCUT2D eigenvalue weighted by molar-refractivity contribution is 5.05. The minimum atomic E-state index is -0.865. The van der Waals surface area contributed by atoms with E-state index in [1.807, 2.05) is 0 Å². The van der Waals surface area contributed by atoms with E-state index < -0.39 is 11.7 Å². The van der Waals surface area contributed by atoms with Gasteiger partial charge in [-0.2, -0.15) is 0 Å². The standard InChI is InChI=1S/C8H15NO2/c1-8(11)6-3-2-4-9(6)5-7(8)10/h6-7,10-11H,2-5H2,1H3. The predicted molar refractivity (Wildman–Crippen MR) is 41.2 cm³/mol. The van der Waals surface area contributed by atoms with E-state index in [9.17, 15) is 10.2 Å². The van der Waals surface area contributed by atoms with Crippen molar-refractivity contribution in [3.8, 4) is 0 Å². The lowest BCUT2D eigenvalue weighted by atomic mass is 9.93. The Kier molecular flexibility index (Phi) is 1.50. The van der Waals surface area contributed by atoms with Crippen molar-refractivity contribution in [1.82, 2.24) is 4.90 Å². The number of hydrogen-bond acceptors (Lipinski definition) is 3. The summed E-state index contributed by atoms with van der Waals surface area (Å²) in [5.74, 6) is 0. The molecule has 11 heavy (non-hydrogen) atoms. The van der Waals surface area contributed by atoms with Crippen LogP contribution in [0.3, 0.4) is 0 Å². The zero-order valence-corrected chi connectivity index (χ0v) is 6.82. The van der Waals surface area contributed by atoms with Crippen molar-refractivity contribution in [2.75, 3.05) is 13.1 Å². The van der Waals surface area contributed by atoms with Crippen LogP contribution < -0.4 is 0 Å². The van der Waals surface area contributed by atoms with Gasteiger partial charge in [0.05, 0.1) is 6.10 Å². The van der Waals surface area contributed by atoms with Crippen LogP contribution in [0.15, 0.2) is 0 Å². The summed E-state index contributed by atoms with van der Waals surface area (Å²) in [4.78, 5) is 2.19. The maximum absolute atomic E-state index is 9.84. The number of aliphatic hydroxyl groups excluding tert-OH is 1. The zero-order valence-electron chi connectivity index (χ0n) is 6.82. The smallest absolute Gasteiger partial charge is 0.104 e. The van der Waals surface area contributed by atoms with E-state index in [2.05, 4.69) is 4.90 Å². The average molecular weight is 157 g/mol. The highest BCUT2D eigenvalue weighted by Gasteiger charge is 2.50. The van der Waals surface area contributed by atoms with Crippen molar-refractivity contribution in [1.29, 1.82) is 0 Å². The topological polar surface area (TPSA) is 43.7 Å². The molecule has 3 atom stereocenters. The Bertz CT molecular complexity index is 169. The van der Waals surface area contributed by atoms with Gasteiger partial charge in [-0.25, -0.2) is 0 Å². The molecular weight excluding hydrogens is 142 g/mol. The van der Waals surface area contributed by atoms with Crippen LogP contribution >= 0.6 is 0 Å². The fraction of sp³-hybridized carbons (Fsp3) is 1.00. The van der Waals surface area contributed by atoms with Gasteiger partial charge in [-0.15, -0.1) is 0 Å². The van der Waals surface area contributed by atoms with Gasteiger partial charge in [-0.05, 0) is 26.3 Å². The first-order valence-corrected chi connectivity index (χ1v) is 4.27. The Balaban J connectivity index is 2.20. The lowest BCUT2D eigenvalue weighted by Gasteiger charge is -2.27. The largest absolute Gasteiger partial charge is 0.389 e. The van der Waals surface area contributed by atoms with Gasteiger partial charge in [-0.3, -0.25) is 4.90 Å². The molecule has 2 aliphatic heterocycles. The maximum atomic E-state index is 9.84. The summed E-state index contributed by atoms with van der Waals surface area (Å²) < 4.78 is 0. The van der Waals surface area contributed by atoms with Crippen molar-refractivity contribution >= 4 is 0 Å². The summed E-state index contributed by atoms with van der Waals surface area (Å²) in [6, 6.07) is 0.206. The van der Waals surface area contributed by atoms with Gasteiger partial charge in [0.15, 0.2) is 0 Å². The molecule has 0 aromatic rings. The summed E-state index contributed by atoms with van der Waals surface area (Å²) in [5, 5.41) is 19.3. The minimum Gasteiger partial charge on any atom is -0.389 e. The molecule has 3 unspecified atom stereocenters. The lowest BCUT2D eigenvalue weighted by molar-refractivity contribution is -0.0476. The Morgan fingerprint density at radius 1 is 1.55 bits per heavy atom. The van der Waals surface area contributed by atoms with E-state index in [0.717, 1.165) is 19.4 Å². The lowest BCUT2D eigenvalue weighted by Crippen LogP contribution is -2.44. The van der Waals surface area contributed by atoms with Gasteiger partial charge in [0.25, 0.3) is 0 Å². The van der Waals surface area contributed by atoms with Crippen LogP contribution in [0.1, 0.15) is 19.8 Å². The Hall–Kier alpha value is -0.120. The fourth-order valence-corrected chi connectivity index (χ4v) is 2.34. The maximum Gasteiger partial charge on any atom is 0.104 e. The molecule has 3 nitrogen and oxygen atoms in total. The van der Waals surface area contributed by atoms with E-state index in [4.69, 9.17) is 0 Å². The van der Waals surface area contributed by atoms with Crippen LogP contribution in [-0.4, -0.2) is 45.9 Å². The SMILES string of the molecule is CC1(O)C(O)CN2CCCC21. The molecule has 0 radical (unpaired) electrons. The molecule has 0 aromatic carbocycles. The van der Waals surface area contributed by atoms with E-state index in [1.54, 1.807) is 6.92 Å². The number of fused-ring (bicyclic) bond motifs is 1. The second kappa shape index (κ2) is 2.19. The van der Waals surface area contributed by atoms with Crippen molar-refractivity contribution in [3.05, 3.63) is 0 Å². The summed E-state index contributed by atoms with van der Waals surface area (Å²) in [7, 11) is 0. The molecule has 2 fully saturated rings. The third-order valence-electron chi connectivity index (χ3n) is 3.12. The van der Waals surface area contributed by atoms with Crippen LogP contribution in [0.2, 0.25) is 0 Å². The molecule has 0 spiro atoms. The second-order valence-corrected chi connectivity index (χ2v) is 3.89. The van der Waals surface area contributed by atoms with Gasteiger partial charge in [0.2, 0.25) is 0 Å².